The predicted molar refractivity (Wildman–Crippen MR) is 74.0 cm³/mol. The van der Waals surface area contributed by atoms with Gasteiger partial charge in [-0.1, -0.05) is 29.6 Å². The zero-order valence-electron chi connectivity index (χ0n) is 10.0. The highest BCUT2D eigenvalue weighted by atomic mass is 35.5. The molecule has 1 unspecified atom stereocenters. The standard InChI is InChI=1S/C13H16Cl2N2O/c14-10-4-5-11(15)9(7-10)8-17-13(18)12-3-1-2-6-16-12/h4-5,7,12,16H,1-3,6,8H2,(H,17,18). The van der Waals surface area contributed by atoms with E-state index in [-0.39, 0.29) is 11.9 Å². The summed E-state index contributed by atoms with van der Waals surface area (Å²) < 4.78 is 0. The number of halogens is 2. The van der Waals surface area contributed by atoms with Crippen LogP contribution in [0.3, 0.4) is 0 Å². The molecule has 1 aliphatic heterocycles. The minimum absolute atomic E-state index is 0.0331. The fourth-order valence-corrected chi connectivity index (χ4v) is 2.44. The van der Waals surface area contributed by atoms with E-state index in [9.17, 15) is 4.79 Å². The van der Waals surface area contributed by atoms with Crippen molar-refractivity contribution in [1.29, 1.82) is 0 Å². The van der Waals surface area contributed by atoms with Crippen molar-refractivity contribution in [2.75, 3.05) is 6.54 Å². The van der Waals surface area contributed by atoms with Crippen LogP contribution in [-0.2, 0) is 11.3 Å². The normalized spacial score (nSPS) is 19.6. The minimum Gasteiger partial charge on any atom is -0.351 e. The number of rotatable bonds is 3. The maximum atomic E-state index is 11.9. The lowest BCUT2D eigenvalue weighted by Crippen LogP contribution is -2.46. The van der Waals surface area contributed by atoms with E-state index in [4.69, 9.17) is 23.2 Å². The first-order valence-electron chi connectivity index (χ1n) is 6.12. The van der Waals surface area contributed by atoms with Crippen LogP contribution in [0.4, 0.5) is 0 Å². The number of piperidine rings is 1. The van der Waals surface area contributed by atoms with Crippen LogP contribution in [-0.4, -0.2) is 18.5 Å². The predicted octanol–water partition coefficient (Wildman–Crippen LogP) is 2.75. The maximum Gasteiger partial charge on any atom is 0.237 e. The van der Waals surface area contributed by atoms with Crippen LogP contribution in [0, 0.1) is 0 Å². The van der Waals surface area contributed by atoms with Gasteiger partial charge in [-0.05, 0) is 43.1 Å². The molecule has 1 atom stereocenters. The highest BCUT2D eigenvalue weighted by Gasteiger charge is 2.20. The van der Waals surface area contributed by atoms with Crippen LogP contribution in [0.1, 0.15) is 24.8 Å². The summed E-state index contributed by atoms with van der Waals surface area (Å²) in [6, 6.07) is 5.18. The zero-order valence-corrected chi connectivity index (χ0v) is 11.5. The molecule has 3 nitrogen and oxygen atoms in total. The van der Waals surface area contributed by atoms with Crippen molar-refractivity contribution in [1.82, 2.24) is 10.6 Å². The average molecular weight is 287 g/mol. The van der Waals surface area contributed by atoms with Crippen LogP contribution >= 0.6 is 23.2 Å². The molecule has 98 valence electrons. The Labute approximate surface area is 117 Å². The summed E-state index contributed by atoms with van der Waals surface area (Å²) in [4.78, 5) is 11.9. The van der Waals surface area contributed by atoms with E-state index < -0.39 is 0 Å². The summed E-state index contributed by atoms with van der Waals surface area (Å²) in [5.74, 6) is 0.0331. The molecule has 1 aromatic carbocycles. The molecule has 2 N–H and O–H groups in total. The van der Waals surface area contributed by atoms with Gasteiger partial charge < -0.3 is 10.6 Å². The number of carbonyl (C=O) groups is 1. The van der Waals surface area contributed by atoms with E-state index in [2.05, 4.69) is 10.6 Å². The molecule has 1 heterocycles. The summed E-state index contributed by atoms with van der Waals surface area (Å²) in [6.45, 7) is 1.33. The van der Waals surface area contributed by atoms with Gasteiger partial charge in [0.15, 0.2) is 0 Å². The highest BCUT2D eigenvalue weighted by molar-refractivity contribution is 6.33. The van der Waals surface area contributed by atoms with Gasteiger partial charge in [0.25, 0.3) is 0 Å². The third kappa shape index (κ3) is 3.61. The quantitative estimate of drug-likeness (QED) is 0.897. The summed E-state index contributed by atoms with van der Waals surface area (Å²) in [7, 11) is 0. The largest absolute Gasteiger partial charge is 0.351 e. The third-order valence-electron chi connectivity index (χ3n) is 3.09. The van der Waals surface area contributed by atoms with Gasteiger partial charge in [0, 0.05) is 16.6 Å². The summed E-state index contributed by atoms with van der Waals surface area (Å²) >= 11 is 11.9. The van der Waals surface area contributed by atoms with Crippen molar-refractivity contribution in [2.45, 2.75) is 31.8 Å². The Morgan fingerprint density at radius 3 is 2.94 bits per heavy atom. The Morgan fingerprint density at radius 1 is 1.39 bits per heavy atom. The summed E-state index contributed by atoms with van der Waals surface area (Å²) in [6.07, 6.45) is 3.14. The van der Waals surface area contributed by atoms with Gasteiger partial charge in [0.1, 0.15) is 0 Å². The minimum atomic E-state index is -0.0725. The Bertz CT molecular complexity index is 431. The van der Waals surface area contributed by atoms with Gasteiger partial charge >= 0.3 is 0 Å². The van der Waals surface area contributed by atoms with Gasteiger partial charge in [-0.25, -0.2) is 0 Å². The number of carbonyl (C=O) groups excluding carboxylic acids is 1. The lowest BCUT2D eigenvalue weighted by atomic mass is 10.0. The Morgan fingerprint density at radius 2 is 2.22 bits per heavy atom. The van der Waals surface area contributed by atoms with Gasteiger partial charge in [-0.2, -0.15) is 0 Å². The molecule has 1 aromatic rings. The molecule has 0 spiro atoms. The molecule has 0 aliphatic carbocycles. The molecule has 1 amide bonds. The molecular formula is C13H16Cl2N2O. The number of amides is 1. The zero-order chi connectivity index (χ0) is 13.0. The lowest BCUT2D eigenvalue weighted by Gasteiger charge is -2.22. The van der Waals surface area contributed by atoms with Crippen LogP contribution in [0.5, 0.6) is 0 Å². The molecule has 2 rings (SSSR count). The van der Waals surface area contributed by atoms with E-state index in [1.54, 1.807) is 18.2 Å². The Kier molecular flexibility index (Phi) is 4.87. The number of nitrogens with one attached hydrogen (secondary N) is 2. The topological polar surface area (TPSA) is 41.1 Å². The molecule has 1 fully saturated rings. The monoisotopic (exact) mass is 286 g/mol. The first-order chi connectivity index (χ1) is 8.66. The summed E-state index contributed by atoms with van der Waals surface area (Å²) in [5, 5.41) is 7.35. The van der Waals surface area contributed by atoms with Crippen molar-refractivity contribution in [2.24, 2.45) is 0 Å². The first-order valence-corrected chi connectivity index (χ1v) is 6.87. The molecule has 5 heteroatoms. The van der Waals surface area contributed by atoms with Crippen LogP contribution in [0.15, 0.2) is 18.2 Å². The number of hydrogen-bond acceptors (Lipinski definition) is 2. The second-order valence-electron chi connectivity index (χ2n) is 4.46. The second-order valence-corrected chi connectivity index (χ2v) is 5.30. The van der Waals surface area contributed by atoms with Crippen LogP contribution < -0.4 is 10.6 Å². The van der Waals surface area contributed by atoms with Gasteiger partial charge in [-0.3, -0.25) is 4.79 Å². The van der Waals surface area contributed by atoms with Gasteiger partial charge in [0.05, 0.1) is 6.04 Å². The highest BCUT2D eigenvalue weighted by Crippen LogP contribution is 2.20. The molecule has 0 saturated carbocycles. The summed E-state index contributed by atoms with van der Waals surface area (Å²) in [5.41, 5.74) is 0.841. The molecule has 0 bridgehead atoms. The second kappa shape index (κ2) is 6.41. The van der Waals surface area contributed by atoms with Crippen LogP contribution in [0.25, 0.3) is 0 Å². The van der Waals surface area contributed by atoms with Crippen molar-refractivity contribution < 1.29 is 4.79 Å². The van der Waals surface area contributed by atoms with E-state index in [0.717, 1.165) is 31.4 Å². The fourth-order valence-electron chi connectivity index (χ4n) is 2.06. The maximum absolute atomic E-state index is 11.9. The van der Waals surface area contributed by atoms with E-state index in [1.165, 1.54) is 0 Å². The fraction of sp³-hybridized carbons (Fsp3) is 0.462. The van der Waals surface area contributed by atoms with E-state index >= 15 is 0 Å². The van der Waals surface area contributed by atoms with Gasteiger partial charge in [0.2, 0.25) is 5.91 Å². The Hall–Kier alpha value is -0.770. The first kappa shape index (κ1) is 13.7. The smallest absolute Gasteiger partial charge is 0.237 e. The lowest BCUT2D eigenvalue weighted by molar-refractivity contribution is -0.123. The molecule has 1 saturated heterocycles. The molecule has 1 aliphatic rings. The molecule has 18 heavy (non-hydrogen) atoms. The average Bonchev–Trinajstić information content (AvgIpc) is 2.40. The number of hydrogen-bond donors (Lipinski definition) is 2. The van der Waals surface area contributed by atoms with Crippen molar-refractivity contribution in [3.8, 4) is 0 Å². The van der Waals surface area contributed by atoms with Crippen LogP contribution in [0.2, 0.25) is 10.0 Å². The van der Waals surface area contributed by atoms with Crippen molar-refractivity contribution >= 4 is 29.1 Å². The molecule has 0 aromatic heterocycles. The van der Waals surface area contributed by atoms with E-state index in [1.807, 2.05) is 0 Å². The van der Waals surface area contributed by atoms with Gasteiger partial charge in [-0.15, -0.1) is 0 Å². The van der Waals surface area contributed by atoms with Crippen molar-refractivity contribution in [3.05, 3.63) is 33.8 Å². The third-order valence-corrected chi connectivity index (χ3v) is 3.69. The van der Waals surface area contributed by atoms with E-state index in [0.29, 0.717) is 16.6 Å². The SMILES string of the molecule is O=C(NCc1cc(Cl)ccc1Cl)C1CCCCN1. The Balaban J connectivity index is 1.90. The number of benzene rings is 1. The molecule has 0 radical (unpaired) electrons. The molecular weight excluding hydrogens is 271 g/mol. The van der Waals surface area contributed by atoms with Crippen molar-refractivity contribution in [3.63, 3.8) is 0 Å².